The van der Waals surface area contributed by atoms with E-state index in [-0.39, 0.29) is 33.0 Å². The largest absolute Gasteiger partial charge is 0.412 e. The highest BCUT2D eigenvalue weighted by Gasteiger charge is 2.13. The standard InChI is InChI=1S/C6H12O2.C6H14O2.C4H8O.C2H6O2.H2O.H2/c1-2-3-6-7-4-5-8-6;1-2-3-5-8-6-4-7;1-2-3-4-5;3-1-2-4;;/h6H,2-5H2,1H3;7H,2-6H2,1H3;4H,2-3H2,1H3;3-4H,1-2H2;1H2;1H. The number of carbonyl (C=O) groups excluding carboxylic acids is 1. The molecule has 1 rings (SSSR count). The van der Waals surface area contributed by atoms with Gasteiger partial charge < -0.3 is 39.8 Å². The Kier molecular flexibility index (Phi) is 45.1. The molecular weight excluding hydrogens is 344 g/mol. The van der Waals surface area contributed by atoms with E-state index in [9.17, 15) is 4.79 Å². The van der Waals surface area contributed by atoms with Crippen LogP contribution in [0, 0.1) is 0 Å². The van der Waals surface area contributed by atoms with Gasteiger partial charge in [0, 0.05) is 14.5 Å². The lowest BCUT2D eigenvalue weighted by Gasteiger charge is -2.04. The van der Waals surface area contributed by atoms with Gasteiger partial charge in [-0.05, 0) is 19.3 Å². The Morgan fingerprint density at radius 3 is 1.85 bits per heavy atom. The van der Waals surface area contributed by atoms with E-state index in [0.29, 0.717) is 13.0 Å². The SMILES string of the molecule is CCCC1OCCO1.CCCC=O.CCCCOCCO.O.OCCO.[HH]. The molecule has 0 atom stereocenters. The third-order valence-corrected chi connectivity index (χ3v) is 2.60. The van der Waals surface area contributed by atoms with Crippen LogP contribution in [-0.2, 0) is 19.0 Å². The molecule has 1 heterocycles. The molecule has 26 heavy (non-hydrogen) atoms. The topological polar surface area (TPSA) is 137 Å². The normalized spacial score (nSPS) is 12.4. The number of ether oxygens (including phenoxy) is 3. The smallest absolute Gasteiger partial charge is 0.157 e. The number of hydrogen-bond acceptors (Lipinski definition) is 7. The van der Waals surface area contributed by atoms with Crippen molar-refractivity contribution in [1.29, 1.82) is 0 Å². The Labute approximate surface area is 160 Å². The first-order valence-electron chi connectivity index (χ1n) is 9.25. The Bertz CT molecular complexity index is 210. The maximum atomic E-state index is 9.40. The highest BCUT2D eigenvalue weighted by atomic mass is 16.7. The predicted molar refractivity (Wildman–Crippen MR) is 104 cm³/mol. The van der Waals surface area contributed by atoms with Crippen molar-refractivity contribution in [3.63, 3.8) is 0 Å². The second kappa shape index (κ2) is 35.5. The van der Waals surface area contributed by atoms with Crippen molar-refractivity contribution in [3.05, 3.63) is 0 Å². The van der Waals surface area contributed by atoms with E-state index in [4.69, 9.17) is 29.5 Å². The maximum absolute atomic E-state index is 9.40. The molecule has 0 unspecified atom stereocenters. The van der Waals surface area contributed by atoms with Crippen LogP contribution in [0.4, 0.5) is 0 Å². The molecule has 1 saturated heterocycles. The van der Waals surface area contributed by atoms with Gasteiger partial charge in [0.05, 0.1) is 39.6 Å². The van der Waals surface area contributed by atoms with E-state index in [2.05, 4.69) is 13.8 Å². The van der Waals surface area contributed by atoms with Crippen molar-refractivity contribution < 1.29 is 41.2 Å². The van der Waals surface area contributed by atoms with Crippen LogP contribution in [0.25, 0.3) is 0 Å². The number of aliphatic hydroxyl groups excluding tert-OH is 3. The van der Waals surface area contributed by atoms with Gasteiger partial charge in [0.2, 0.25) is 0 Å². The molecule has 0 aromatic rings. The van der Waals surface area contributed by atoms with E-state index in [1.54, 1.807) is 0 Å². The van der Waals surface area contributed by atoms with Crippen LogP contribution in [-0.4, -0.2) is 79.6 Å². The van der Waals surface area contributed by atoms with Crippen molar-refractivity contribution in [2.75, 3.05) is 46.2 Å². The summed E-state index contributed by atoms with van der Waals surface area (Å²) in [5.41, 5.74) is 0. The molecule has 0 bridgehead atoms. The molecule has 1 aliphatic heterocycles. The quantitative estimate of drug-likeness (QED) is 0.379. The summed E-state index contributed by atoms with van der Waals surface area (Å²) in [7, 11) is 0. The first-order chi connectivity index (χ1) is 12.2. The summed E-state index contributed by atoms with van der Waals surface area (Å²) < 4.78 is 15.3. The van der Waals surface area contributed by atoms with Crippen molar-refractivity contribution in [1.82, 2.24) is 0 Å². The van der Waals surface area contributed by atoms with Gasteiger partial charge in [-0.15, -0.1) is 0 Å². The molecule has 1 aliphatic rings. The summed E-state index contributed by atoms with van der Waals surface area (Å²) in [5.74, 6) is 0. The zero-order valence-corrected chi connectivity index (χ0v) is 16.8. The molecule has 0 amide bonds. The summed E-state index contributed by atoms with van der Waals surface area (Å²) in [6.45, 7) is 8.96. The van der Waals surface area contributed by atoms with Crippen molar-refractivity contribution in [2.45, 2.75) is 65.6 Å². The molecule has 0 saturated carbocycles. The van der Waals surface area contributed by atoms with Crippen molar-refractivity contribution in [2.24, 2.45) is 0 Å². The maximum Gasteiger partial charge on any atom is 0.157 e. The van der Waals surface area contributed by atoms with Gasteiger partial charge in [0.15, 0.2) is 6.29 Å². The predicted octanol–water partition coefficient (Wildman–Crippen LogP) is 1.33. The van der Waals surface area contributed by atoms with Gasteiger partial charge in [0.25, 0.3) is 0 Å². The molecule has 5 N–H and O–H groups in total. The third-order valence-electron chi connectivity index (χ3n) is 2.60. The van der Waals surface area contributed by atoms with Gasteiger partial charge >= 0.3 is 0 Å². The summed E-state index contributed by atoms with van der Waals surface area (Å²) >= 11 is 0. The summed E-state index contributed by atoms with van der Waals surface area (Å²) in [4.78, 5) is 9.40. The Morgan fingerprint density at radius 1 is 0.962 bits per heavy atom. The molecule has 0 aliphatic carbocycles. The van der Waals surface area contributed by atoms with E-state index in [1.807, 2.05) is 6.92 Å². The summed E-state index contributed by atoms with van der Waals surface area (Å²) in [6, 6.07) is 0. The lowest BCUT2D eigenvalue weighted by atomic mass is 10.3. The molecule has 8 nitrogen and oxygen atoms in total. The first kappa shape index (κ1) is 33.0. The minimum Gasteiger partial charge on any atom is -0.412 e. The minimum absolute atomic E-state index is 0. The van der Waals surface area contributed by atoms with Crippen molar-refractivity contribution >= 4 is 6.29 Å². The van der Waals surface area contributed by atoms with E-state index < -0.39 is 0 Å². The zero-order chi connectivity index (χ0) is 19.6. The average Bonchev–Trinajstić information content (AvgIpc) is 3.14. The second-order valence-electron chi connectivity index (χ2n) is 5.05. The molecular formula is C18H44O8. The van der Waals surface area contributed by atoms with Crippen LogP contribution in [0.5, 0.6) is 0 Å². The molecule has 8 heteroatoms. The van der Waals surface area contributed by atoms with E-state index in [1.165, 1.54) is 0 Å². The summed E-state index contributed by atoms with van der Waals surface area (Å²) in [5, 5.41) is 23.5. The third kappa shape index (κ3) is 38.8. The van der Waals surface area contributed by atoms with Crippen LogP contribution >= 0.6 is 0 Å². The van der Waals surface area contributed by atoms with Gasteiger partial charge in [-0.2, -0.15) is 0 Å². The Hall–Kier alpha value is -0.610. The Balaban J connectivity index is -0.0000000808. The number of rotatable bonds is 10. The van der Waals surface area contributed by atoms with Crippen LogP contribution in [0.2, 0.25) is 0 Å². The van der Waals surface area contributed by atoms with E-state index in [0.717, 1.165) is 58.2 Å². The van der Waals surface area contributed by atoms with Crippen LogP contribution in [0.15, 0.2) is 0 Å². The summed E-state index contributed by atoms with van der Waals surface area (Å²) in [6.07, 6.45) is 7.17. The number of carbonyl (C=O) groups is 1. The first-order valence-corrected chi connectivity index (χ1v) is 9.25. The van der Waals surface area contributed by atoms with Gasteiger partial charge in [-0.1, -0.05) is 33.6 Å². The van der Waals surface area contributed by atoms with E-state index >= 15 is 0 Å². The van der Waals surface area contributed by atoms with Gasteiger partial charge in [0.1, 0.15) is 6.29 Å². The zero-order valence-electron chi connectivity index (χ0n) is 16.8. The minimum atomic E-state index is -0.125. The number of aliphatic hydroxyl groups is 3. The molecule has 0 aromatic carbocycles. The van der Waals surface area contributed by atoms with Crippen molar-refractivity contribution in [3.8, 4) is 0 Å². The molecule has 1 fully saturated rings. The van der Waals surface area contributed by atoms with Crippen LogP contribution < -0.4 is 0 Å². The van der Waals surface area contributed by atoms with Crippen LogP contribution in [0.1, 0.15) is 60.7 Å². The fraction of sp³-hybridized carbons (Fsp3) is 0.944. The van der Waals surface area contributed by atoms with Gasteiger partial charge in [-0.3, -0.25) is 0 Å². The van der Waals surface area contributed by atoms with Crippen LogP contribution in [0.3, 0.4) is 0 Å². The lowest BCUT2D eigenvalue weighted by molar-refractivity contribution is -0.107. The number of unbranched alkanes of at least 4 members (excludes halogenated alkanes) is 2. The molecule has 0 radical (unpaired) electrons. The fourth-order valence-corrected chi connectivity index (χ4v) is 1.34. The lowest BCUT2D eigenvalue weighted by Crippen LogP contribution is -2.05. The average molecular weight is 389 g/mol. The second-order valence-corrected chi connectivity index (χ2v) is 5.05. The highest BCUT2D eigenvalue weighted by molar-refractivity contribution is 5.48. The molecule has 164 valence electrons. The highest BCUT2D eigenvalue weighted by Crippen LogP contribution is 2.08. The van der Waals surface area contributed by atoms with Gasteiger partial charge in [-0.25, -0.2) is 0 Å². The molecule has 0 aromatic heterocycles. The number of aldehydes is 1. The fourth-order valence-electron chi connectivity index (χ4n) is 1.34. The molecule has 0 spiro atoms. The number of hydrogen-bond donors (Lipinski definition) is 3. The monoisotopic (exact) mass is 388 g/mol. The Morgan fingerprint density at radius 2 is 1.54 bits per heavy atom.